The first-order chi connectivity index (χ1) is 10.4. The summed E-state index contributed by atoms with van der Waals surface area (Å²) in [7, 11) is 0. The van der Waals surface area contributed by atoms with Gasteiger partial charge in [-0.25, -0.2) is 0 Å². The lowest BCUT2D eigenvalue weighted by atomic mass is 10.1. The Kier molecular flexibility index (Phi) is 3.12. The van der Waals surface area contributed by atoms with Crippen LogP contribution in [0.3, 0.4) is 0 Å². The largest absolute Gasteiger partial charge is 0.377 e. The molecule has 1 aliphatic rings. The summed E-state index contributed by atoms with van der Waals surface area (Å²) >= 11 is 1.91. The van der Waals surface area contributed by atoms with E-state index in [-0.39, 0.29) is 0 Å². The molecule has 1 aromatic heterocycles. The van der Waals surface area contributed by atoms with Gasteiger partial charge in [0.2, 0.25) is 0 Å². The Labute approximate surface area is 127 Å². The highest BCUT2D eigenvalue weighted by Gasteiger charge is 2.22. The second-order valence-corrected chi connectivity index (χ2v) is 5.97. The van der Waals surface area contributed by atoms with Gasteiger partial charge >= 0.3 is 0 Å². The molecule has 4 rings (SSSR count). The molecular weight excluding hydrogens is 280 g/mol. The van der Waals surface area contributed by atoms with Crippen molar-refractivity contribution in [2.45, 2.75) is 10.9 Å². The molecule has 0 saturated heterocycles. The second kappa shape index (κ2) is 5.26. The van der Waals surface area contributed by atoms with E-state index in [9.17, 15) is 0 Å². The Morgan fingerprint density at radius 3 is 2.57 bits per heavy atom. The minimum Gasteiger partial charge on any atom is -0.377 e. The molecule has 2 aromatic carbocycles. The zero-order chi connectivity index (χ0) is 14.1. The molecule has 3 aromatic rings. The maximum Gasteiger partial charge on any atom is 0.0858 e. The average Bonchev–Trinajstić information content (AvgIpc) is 3.19. The van der Waals surface area contributed by atoms with Crippen LogP contribution in [0.1, 0.15) is 11.6 Å². The first kappa shape index (κ1) is 12.5. The summed E-state index contributed by atoms with van der Waals surface area (Å²) in [5.41, 5.74) is 3.47. The highest BCUT2D eigenvalue weighted by Crippen LogP contribution is 2.39. The monoisotopic (exact) mass is 294 g/mol. The fourth-order valence-electron chi connectivity index (χ4n) is 2.52. The van der Waals surface area contributed by atoms with Crippen LogP contribution in [-0.2, 0) is 0 Å². The van der Waals surface area contributed by atoms with Crippen LogP contribution in [0.2, 0.25) is 0 Å². The van der Waals surface area contributed by atoms with E-state index in [1.165, 1.54) is 10.5 Å². The number of aromatic nitrogens is 3. The third kappa shape index (κ3) is 2.40. The second-order valence-electron chi connectivity index (χ2n) is 4.91. The number of anilines is 1. The average molecular weight is 294 g/mol. The van der Waals surface area contributed by atoms with Crippen LogP contribution in [0.15, 0.2) is 65.8 Å². The van der Waals surface area contributed by atoms with Gasteiger partial charge in [0.15, 0.2) is 0 Å². The zero-order valence-corrected chi connectivity index (χ0v) is 12.1. The molecule has 0 spiro atoms. The molecule has 4 nitrogen and oxygen atoms in total. The summed E-state index contributed by atoms with van der Waals surface area (Å²) in [6, 6.07) is 17.2. The lowest BCUT2D eigenvalue weighted by Gasteiger charge is -2.15. The van der Waals surface area contributed by atoms with E-state index < -0.39 is 0 Å². The van der Waals surface area contributed by atoms with Crippen molar-refractivity contribution in [3.63, 3.8) is 0 Å². The van der Waals surface area contributed by atoms with Gasteiger partial charge in [0.1, 0.15) is 0 Å². The summed E-state index contributed by atoms with van der Waals surface area (Å²) in [4.78, 5) is 3.00. The summed E-state index contributed by atoms with van der Waals surface area (Å²) < 4.78 is 0. The SMILES string of the molecule is c1ccc2c(c1)SCC2Nc1ccc(-n2nccn2)cc1. The Hall–Kier alpha value is -2.27. The zero-order valence-electron chi connectivity index (χ0n) is 11.3. The maximum atomic E-state index is 4.13. The fraction of sp³-hybridized carbons (Fsp3) is 0.125. The first-order valence-electron chi connectivity index (χ1n) is 6.85. The van der Waals surface area contributed by atoms with Crippen molar-refractivity contribution >= 4 is 17.4 Å². The smallest absolute Gasteiger partial charge is 0.0858 e. The van der Waals surface area contributed by atoms with Gasteiger partial charge in [-0.15, -0.1) is 11.8 Å². The molecule has 0 bridgehead atoms. The topological polar surface area (TPSA) is 42.7 Å². The van der Waals surface area contributed by atoms with Gasteiger partial charge < -0.3 is 5.32 Å². The van der Waals surface area contributed by atoms with Crippen molar-refractivity contribution in [2.75, 3.05) is 11.1 Å². The van der Waals surface area contributed by atoms with Crippen LogP contribution in [0.25, 0.3) is 5.69 Å². The highest BCUT2D eigenvalue weighted by atomic mass is 32.2. The van der Waals surface area contributed by atoms with E-state index in [1.807, 2.05) is 23.9 Å². The van der Waals surface area contributed by atoms with Gasteiger partial charge in [-0.1, -0.05) is 18.2 Å². The predicted octanol–water partition coefficient (Wildman–Crippen LogP) is 3.53. The molecule has 2 heterocycles. The quantitative estimate of drug-likeness (QED) is 0.802. The van der Waals surface area contributed by atoms with Crippen molar-refractivity contribution < 1.29 is 0 Å². The normalized spacial score (nSPS) is 16.7. The molecule has 1 N–H and O–H groups in total. The number of benzene rings is 2. The van der Waals surface area contributed by atoms with E-state index in [4.69, 9.17) is 0 Å². The van der Waals surface area contributed by atoms with Crippen LogP contribution in [0.5, 0.6) is 0 Å². The Bertz CT molecular complexity index is 737. The van der Waals surface area contributed by atoms with E-state index in [0.29, 0.717) is 6.04 Å². The maximum absolute atomic E-state index is 4.13. The number of nitrogens with one attached hydrogen (secondary N) is 1. The van der Waals surface area contributed by atoms with E-state index in [2.05, 4.69) is 51.9 Å². The van der Waals surface area contributed by atoms with Crippen molar-refractivity contribution in [3.8, 4) is 5.69 Å². The molecule has 5 heteroatoms. The van der Waals surface area contributed by atoms with Crippen LogP contribution >= 0.6 is 11.8 Å². The van der Waals surface area contributed by atoms with Gasteiger partial charge in [-0.3, -0.25) is 0 Å². The number of hydrogen-bond acceptors (Lipinski definition) is 4. The van der Waals surface area contributed by atoms with E-state index in [0.717, 1.165) is 17.1 Å². The van der Waals surface area contributed by atoms with Crippen LogP contribution in [0, 0.1) is 0 Å². The standard InChI is InChI=1S/C16H14N4S/c1-2-4-16-14(3-1)15(11-21-16)19-12-5-7-13(8-6-12)20-17-9-10-18-20/h1-10,15,19H,11H2. The highest BCUT2D eigenvalue weighted by molar-refractivity contribution is 7.99. The van der Waals surface area contributed by atoms with Gasteiger partial charge in [-0.05, 0) is 35.9 Å². The Morgan fingerprint density at radius 2 is 1.76 bits per heavy atom. The van der Waals surface area contributed by atoms with Gasteiger partial charge in [0, 0.05) is 16.3 Å². The summed E-state index contributed by atoms with van der Waals surface area (Å²) in [5, 5.41) is 11.9. The Morgan fingerprint density at radius 1 is 1.00 bits per heavy atom. The first-order valence-corrected chi connectivity index (χ1v) is 7.84. The number of nitrogens with zero attached hydrogens (tertiary/aromatic N) is 3. The molecule has 0 aliphatic carbocycles. The lowest BCUT2D eigenvalue weighted by Crippen LogP contribution is -2.09. The van der Waals surface area contributed by atoms with Gasteiger partial charge in [0.25, 0.3) is 0 Å². The molecule has 1 aliphatic heterocycles. The summed E-state index contributed by atoms with van der Waals surface area (Å²) in [6.45, 7) is 0. The fourth-order valence-corrected chi connectivity index (χ4v) is 3.68. The molecular formula is C16H14N4S. The van der Waals surface area contributed by atoms with Crippen LogP contribution < -0.4 is 5.32 Å². The number of fused-ring (bicyclic) bond motifs is 1. The molecule has 21 heavy (non-hydrogen) atoms. The minimum atomic E-state index is 0.375. The van der Waals surface area contributed by atoms with Gasteiger partial charge in [0.05, 0.1) is 24.1 Å². The number of thioether (sulfide) groups is 1. The lowest BCUT2D eigenvalue weighted by molar-refractivity contribution is 0.752. The molecule has 0 fully saturated rings. The number of rotatable bonds is 3. The third-order valence-electron chi connectivity index (χ3n) is 3.56. The van der Waals surface area contributed by atoms with Crippen LogP contribution in [-0.4, -0.2) is 20.7 Å². The molecule has 0 amide bonds. The molecule has 0 saturated carbocycles. The molecule has 0 radical (unpaired) electrons. The van der Waals surface area contributed by atoms with Gasteiger partial charge in [-0.2, -0.15) is 15.0 Å². The van der Waals surface area contributed by atoms with Crippen molar-refractivity contribution in [1.29, 1.82) is 0 Å². The Balaban J connectivity index is 1.53. The molecule has 104 valence electrons. The van der Waals surface area contributed by atoms with E-state index >= 15 is 0 Å². The van der Waals surface area contributed by atoms with Crippen LogP contribution in [0.4, 0.5) is 5.69 Å². The summed E-state index contributed by atoms with van der Waals surface area (Å²) in [6.07, 6.45) is 3.36. The third-order valence-corrected chi connectivity index (χ3v) is 4.74. The minimum absolute atomic E-state index is 0.375. The molecule has 1 atom stereocenters. The van der Waals surface area contributed by atoms with E-state index in [1.54, 1.807) is 17.2 Å². The predicted molar refractivity (Wildman–Crippen MR) is 84.9 cm³/mol. The van der Waals surface area contributed by atoms with Crippen molar-refractivity contribution in [1.82, 2.24) is 15.0 Å². The molecule has 1 unspecified atom stereocenters. The van der Waals surface area contributed by atoms with Crippen molar-refractivity contribution in [2.24, 2.45) is 0 Å². The number of hydrogen-bond donors (Lipinski definition) is 1. The summed E-state index contributed by atoms with van der Waals surface area (Å²) in [5.74, 6) is 1.07. The van der Waals surface area contributed by atoms with Crippen molar-refractivity contribution in [3.05, 3.63) is 66.5 Å².